The Bertz CT molecular complexity index is 472. The Morgan fingerprint density at radius 1 is 1.48 bits per heavy atom. The van der Waals surface area contributed by atoms with Crippen LogP contribution in [-0.2, 0) is 4.74 Å². The molecule has 0 unspecified atom stereocenters. The van der Waals surface area contributed by atoms with Gasteiger partial charge in [-0.05, 0) is 19.2 Å². The number of carbonyl (C=O) groups excluding carboxylic acids is 1. The van der Waals surface area contributed by atoms with Crippen molar-refractivity contribution in [2.75, 3.05) is 33.4 Å². The van der Waals surface area contributed by atoms with E-state index in [0.29, 0.717) is 45.6 Å². The molecule has 6 heteroatoms. The van der Waals surface area contributed by atoms with Crippen LogP contribution in [0, 0.1) is 5.82 Å². The molecule has 0 aliphatic carbocycles. The summed E-state index contributed by atoms with van der Waals surface area (Å²) in [5.41, 5.74) is -0.459. The summed E-state index contributed by atoms with van der Waals surface area (Å²) < 4.78 is 18.0. The van der Waals surface area contributed by atoms with E-state index in [0.717, 1.165) is 6.20 Å². The summed E-state index contributed by atoms with van der Waals surface area (Å²) in [6.07, 6.45) is 2.57. The van der Waals surface area contributed by atoms with E-state index >= 15 is 0 Å². The number of likely N-dealkylation sites (N-methyl/N-ethyl adjacent to an activating group) is 1. The van der Waals surface area contributed by atoms with E-state index < -0.39 is 11.4 Å². The number of halogens is 1. The largest absolute Gasteiger partial charge is 0.388 e. The number of aromatic nitrogens is 1. The average molecular weight is 296 g/mol. The number of ether oxygens (including phenoxy) is 1. The molecule has 0 amide bonds. The van der Waals surface area contributed by atoms with Gasteiger partial charge in [-0.15, -0.1) is 0 Å². The molecule has 1 fully saturated rings. The van der Waals surface area contributed by atoms with Crippen molar-refractivity contribution in [1.29, 1.82) is 0 Å². The summed E-state index contributed by atoms with van der Waals surface area (Å²) in [6, 6.07) is 2.62. The summed E-state index contributed by atoms with van der Waals surface area (Å²) in [6.45, 7) is 2.19. The summed E-state index contributed by atoms with van der Waals surface area (Å²) in [4.78, 5) is 17.7. The van der Waals surface area contributed by atoms with Gasteiger partial charge >= 0.3 is 0 Å². The molecule has 21 heavy (non-hydrogen) atoms. The Hall–Kier alpha value is -1.37. The van der Waals surface area contributed by atoms with Crippen molar-refractivity contribution < 1.29 is 19.0 Å². The van der Waals surface area contributed by atoms with Gasteiger partial charge in [0.15, 0.2) is 5.78 Å². The maximum Gasteiger partial charge on any atom is 0.182 e. The summed E-state index contributed by atoms with van der Waals surface area (Å²) >= 11 is 0. The van der Waals surface area contributed by atoms with E-state index in [1.165, 1.54) is 12.1 Å². The third-order valence-corrected chi connectivity index (χ3v) is 3.72. The number of ketones is 1. The maximum absolute atomic E-state index is 12.7. The Morgan fingerprint density at radius 2 is 2.19 bits per heavy atom. The molecule has 1 saturated heterocycles. The number of hydrogen-bond acceptors (Lipinski definition) is 5. The van der Waals surface area contributed by atoms with Crippen LogP contribution in [-0.4, -0.2) is 59.7 Å². The van der Waals surface area contributed by atoms with Gasteiger partial charge in [-0.2, -0.15) is 0 Å². The lowest BCUT2D eigenvalue weighted by Gasteiger charge is -2.35. The Balaban J connectivity index is 1.79. The van der Waals surface area contributed by atoms with Crippen molar-refractivity contribution in [3.8, 4) is 0 Å². The van der Waals surface area contributed by atoms with Crippen LogP contribution in [0.4, 0.5) is 4.39 Å². The van der Waals surface area contributed by atoms with E-state index in [1.807, 2.05) is 11.9 Å². The molecular formula is C15H21FN2O3. The summed E-state index contributed by atoms with van der Waals surface area (Å²) in [7, 11) is 1.87. The van der Waals surface area contributed by atoms with Crippen LogP contribution < -0.4 is 0 Å². The minimum absolute atomic E-state index is 0.124. The van der Waals surface area contributed by atoms with Crippen LogP contribution >= 0.6 is 0 Å². The monoisotopic (exact) mass is 296 g/mol. The van der Waals surface area contributed by atoms with Gasteiger partial charge in [0, 0.05) is 45.6 Å². The van der Waals surface area contributed by atoms with Gasteiger partial charge in [-0.25, -0.2) is 4.39 Å². The molecule has 0 saturated carbocycles. The molecule has 0 radical (unpaired) electrons. The third-order valence-electron chi connectivity index (χ3n) is 3.72. The number of Topliss-reactive ketones (excluding diaryl/α,β-unsaturated/α-hetero) is 1. The summed E-state index contributed by atoms with van der Waals surface area (Å²) in [5.74, 6) is -0.578. The predicted octanol–water partition coefficient (Wildman–Crippen LogP) is 1.27. The second kappa shape index (κ2) is 7.06. The number of carbonyl (C=O) groups is 1. The second-order valence-electron chi connectivity index (χ2n) is 5.61. The van der Waals surface area contributed by atoms with Crippen molar-refractivity contribution in [1.82, 2.24) is 9.88 Å². The minimum atomic E-state index is -0.732. The van der Waals surface area contributed by atoms with Crippen molar-refractivity contribution in [3.63, 3.8) is 0 Å². The molecule has 0 atom stereocenters. The molecule has 1 aromatic heterocycles. The first-order chi connectivity index (χ1) is 9.98. The predicted molar refractivity (Wildman–Crippen MR) is 75.6 cm³/mol. The SMILES string of the molecule is CN(CCC(=O)c1ccc(F)cn1)CC1(O)CCOCC1. The van der Waals surface area contributed by atoms with Crippen LogP contribution in [0.1, 0.15) is 29.8 Å². The van der Waals surface area contributed by atoms with Gasteiger partial charge in [0.1, 0.15) is 11.5 Å². The molecule has 1 N–H and O–H groups in total. The van der Waals surface area contributed by atoms with Crippen LogP contribution in [0.15, 0.2) is 18.3 Å². The van der Waals surface area contributed by atoms with Gasteiger partial charge in [-0.3, -0.25) is 9.78 Å². The van der Waals surface area contributed by atoms with Gasteiger partial charge in [-0.1, -0.05) is 0 Å². The van der Waals surface area contributed by atoms with Crippen LogP contribution in [0.2, 0.25) is 0 Å². The molecular weight excluding hydrogens is 275 g/mol. The Morgan fingerprint density at radius 3 is 2.81 bits per heavy atom. The van der Waals surface area contributed by atoms with Crippen molar-refractivity contribution >= 4 is 5.78 Å². The smallest absolute Gasteiger partial charge is 0.182 e. The lowest BCUT2D eigenvalue weighted by molar-refractivity contribution is -0.0767. The first-order valence-corrected chi connectivity index (χ1v) is 7.12. The molecule has 2 rings (SSSR count). The highest BCUT2D eigenvalue weighted by atomic mass is 19.1. The fraction of sp³-hybridized carbons (Fsp3) is 0.600. The molecule has 0 bridgehead atoms. The van der Waals surface area contributed by atoms with E-state index in [1.54, 1.807) is 0 Å². The average Bonchev–Trinajstić information content (AvgIpc) is 2.46. The second-order valence-corrected chi connectivity index (χ2v) is 5.61. The third kappa shape index (κ3) is 4.84. The Kier molecular flexibility index (Phi) is 5.39. The van der Waals surface area contributed by atoms with E-state index in [-0.39, 0.29) is 11.5 Å². The molecule has 1 aromatic rings. The number of aliphatic hydroxyl groups is 1. The highest BCUT2D eigenvalue weighted by Crippen LogP contribution is 2.21. The van der Waals surface area contributed by atoms with Gasteiger partial charge in [0.2, 0.25) is 0 Å². The molecule has 5 nitrogen and oxygen atoms in total. The standard InChI is InChI=1S/C15H21FN2O3/c1-18(11-15(20)5-8-21-9-6-15)7-4-14(19)13-3-2-12(16)10-17-13/h2-3,10,20H,4-9,11H2,1H3. The van der Waals surface area contributed by atoms with Crippen molar-refractivity contribution in [2.45, 2.75) is 24.9 Å². The molecule has 1 aliphatic heterocycles. The van der Waals surface area contributed by atoms with Crippen LogP contribution in [0.5, 0.6) is 0 Å². The lowest BCUT2D eigenvalue weighted by Crippen LogP contribution is -2.46. The number of nitrogens with zero attached hydrogens (tertiary/aromatic N) is 2. The highest BCUT2D eigenvalue weighted by molar-refractivity contribution is 5.94. The highest BCUT2D eigenvalue weighted by Gasteiger charge is 2.30. The molecule has 1 aliphatic rings. The summed E-state index contributed by atoms with van der Waals surface area (Å²) in [5, 5.41) is 10.4. The molecule has 0 aromatic carbocycles. The van der Waals surface area contributed by atoms with E-state index in [9.17, 15) is 14.3 Å². The molecule has 2 heterocycles. The molecule has 0 spiro atoms. The van der Waals surface area contributed by atoms with Crippen molar-refractivity contribution in [3.05, 3.63) is 29.8 Å². The fourth-order valence-corrected chi connectivity index (χ4v) is 2.45. The van der Waals surface area contributed by atoms with E-state index in [4.69, 9.17) is 4.74 Å². The normalized spacial score (nSPS) is 17.9. The number of hydrogen-bond donors (Lipinski definition) is 1. The first kappa shape index (κ1) is 16.0. The zero-order valence-electron chi connectivity index (χ0n) is 12.2. The molecule has 116 valence electrons. The Labute approximate surface area is 123 Å². The zero-order valence-corrected chi connectivity index (χ0v) is 12.2. The maximum atomic E-state index is 12.7. The van der Waals surface area contributed by atoms with Gasteiger partial charge in [0.25, 0.3) is 0 Å². The minimum Gasteiger partial charge on any atom is -0.388 e. The van der Waals surface area contributed by atoms with Gasteiger partial charge in [0.05, 0.1) is 11.8 Å². The van der Waals surface area contributed by atoms with Crippen LogP contribution in [0.3, 0.4) is 0 Å². The number of pyridine rings is 1. The van der Waals surface area contributed by atoms with E-state index in [2.05, 4.69) is 4.98 Å². The fourth-order valence-electron chi connectivity index (χ4n) is 2.45. The topological polar surface area (TPSA) is 62.7 Å². The lowest BCUT2D eigenvalue weighted by atomic mass is 9.94. The van der Waals surface area contributed by atoms with Gasteiger partial charge < -0.3 is 14.7 Å². The van der Waals surface area contributed by atoms with Crippen LogP contribution in [0.25, 0.3) is 0 Å². The quantitative estimate of drug-likeness (QED) is 0.801. The first-order valence-electron chi connectivity index (χ1n) is 7.12. The zero-order chi connectivity index (χ0) is 15.3. The number of rotatable bonds is 6. The van der Waals surface area contributed by atoms with Crippen molar-refractivity contribution in [2.24, 2.45) is 0 Å².